The van der Waals surface area contributed by atoms with Crippen LogP contribution in [-0.2, 0) is 6.18 Å². The van der Waals surface area contributed by atoms with Crippen LogP contribution in [0.4, 0.5) is 30.8 Å². The fourth-order valence-corrected chi connectivity index (χ4v) is 3.80. The van der Waals surface area contributed by atoms with E-state index in [-0.39, 0.29) is 50.6 Å². The molecule has 2 heterocycles. The molecule has 4 aromatic rings. The van der Waals surface area contributed by atoms with E-state index in [4.69, 9.17) is 23.1 Å². The number of aromatic nitrogens is 4. The number of rotatable bonds is 4. The predicted molar refractivity (Wildman–Crippen MR) is 125 cm³/mol. The summed E-state index contributed by atoms with van der Waals surface area (Å²) in [6.07, 6.45) is -4.64. The second-order valence-corrected chi connectivity index (χ2v) is 7.87. The van der Waals surface area contributed by atoms with Gasteiger partial charge in [0.15, 0.2) is 5.82 Å². The molecule has 0 aliphatic carbocycles. The lowest BCUT2D eigenvalue weighted by atomic mass is 10.1. The summed E-state index contributed by atoms with van der Waals surface area (Å²) in [6, 6.07) is 9.89. The van der Waals surface area contributed by atoms with Crippen molar-refractivity contribution >= 4 is 40.1 Å². The molecule has 1 atom stereocenters. The number of alkyl halides is 3. The lowest BCUT2D eigenvalue weighted by Crippen LogP contribution is -2.28. The smallest absolute Gasteiger partial charge is 0.382 e. The summed E-state index contributed by atoms with van der Waals surface area (Å²) in [5, 5.41) is 12.5. The first-order valence-electron chi connectivity index (χ1n) is 9.99. The summed E-state index contributed by atoms with van der Waals surface area (Å²) >= 11 is 6.23. The maximum absolute atomic E-state index is 13.5. The predicted octanol–water partition coefficient (Wildman–Crippen LogP) is 4.06. The van der Waals surface area contributed by atoms with Crippen molar-refractivity contribution in [1.29, 1.82) is 5.26 Å². The Balaban J connectivity index is 1.97. The third-order valence-corrected chi connectivity index (χ3v) is 5.43. The molecule has 0 unspecified atom stereocenters. The molecular weight excluding hydrogens is 485 g/mol. The zero-order chi connectivity index (χ0) is 25.5. The van der Waals surface area contributed by atoms with Gasteiger partial charge in [-0.1, -0.05) is 23.7 Å². The summed E-state index contributed by atoms with van der Waals surface area (Å²) in [5.41, 5.74) is 9.84. The molecule has 0 radical (unpaired) electrons. The molecule has 35 heavy (non-hydrogen) atoms. The van der Waals surface area contributed by atoms with E-state index >= 15 is 0 Å². The van der Waals surface area contributed by atoms with Gasteiger partial charge in [0.25, 0.3) is 5.56 Å². The van der Waals surface area contributed by atoms with Crippen molar-refractivity contribution in [3.63, 3.8) is 0 Å². The van der Waals surface area contributed by atoms with Crippen LogP contribution in [0, 0.1) is 11.3 Å². The third-order valence-electron chi connectivity index (χ3n) is 5.11. The van der Waals surface area contributed by atoms with Gasteiger partial charge >= 0.3 is 6.18 Å². The van der Waals surface area contributed by atoms with Crippen molar-refractivity contribution < 1.29 is 13.2 Å². The number of fused-ring (bicyclic) bond motifs is 1. The molecule has 0 fully saturated rings. The van der Waals surface area contributed by atoms with Gasteiger partial charge in [0.2, 0.25) is 5.95 Å². The summed E-state index contributed by atoms with van der Waals surface area (Å²) in [6.45, 7) is 1.58. The minimum absolute atomic E-state index is 0.0268. The normalized spacial score (nSPS) is 12.3. The third kappa shape index (κ3) is 4.41. The Morgan fingerprint density at radius 3 is 2.54 bits per heavy atom. The van der Waals surface area contributed by atoms with Crippen LogP contribution in [0.3, 0.4) is 0 Å². The Kier molecular flexibility index (Phi) is 5.96. The minimum Gasteiger partial charge on any atom is -0.382 e. The average Bonchev–Trinajstić information content (AvgIpc) is 2.78. The van der Waals surface area contributed by atoms with Crippen LogP contribution in [0.15, 0.2) is 47.3 Å². The lowest BCUT2D eigenvalue weighted by molar-refractivity contribution is -0.137. The largest absolute Gasteiger partial charge is 0.416 e. The molecule has 178 valence electrons. The lowest BCUT2D eigenvalue weighted by Gasteiger charge is -2.21. The van der Waals surface area contributed by atoms with Gasteiger partial charge in [-0.2, -0.15) is 28.4 Å². The first-order chi connectivity index (χ1) is 16.5. The topological polar surface area (TPSA) is 149 Å². The number of halogens is 4. The number of anilines is 3. The van der Waals surface area contributed by atoms with E-state index < -0.39 is 23.3 Å². The molecule has 0 spiro atoms. The van der Waals surface area contributed by atoms with E-state index in [0.29, 0.717) is 0 Å². The monoisotopic (exact) mass is 500 g/mol. The average molecular weight is 501 g/mol. The second kappa shape index (κ2) is 8.77. The standard InChI is InChI=1S/C22H16ClF3N8O/c1-10(30-18-13(9-27)17(28)32-21(29)33-18)19-31-15-7-3-6-14(23)16(15)20(35)34(19)12-5-2-4-11(8-12)22(24,25)26/h2-8,10H,1H3,(H5,28,29,30,32,33)/t10-/m0/s1. The molecule has 0 bridgehead atoms. The Bertz CT molecular complexity index is 1560. The molecule has 5 N–H and O–H groups in total. The molecule has 0 aliphatic rings. The van der Waals surface area contributed by atoms with Crippen LogP contribution in [0.1, 0.15) is 29.9 Å². The number of nitrogens with one attached hydrogen (secondary N) is 1. The quantitative estimate of drug-likeness (QED) is 0.380. The van der Waals surface area contributed by atoms with Gasteiger partial charge in [0.05, 0.1) is 33.2 Å². The van der Waals surface area contributed by atoms with Crippen molar-refractivity contribution in [3.05, 3.63) is 74.8 Å². The van der Waals surface area contributed by atoms with Crippen molar-refractivity contribution in [2.75, 3.05) is 16.8 Å². The number of nitrogens with two attached hydrogens (primary N) is 2. The van der Waals surface area contributed by atoms with Gasteiger partial charge in [-0.15, -0.1) is 0 Å². The van der Waals surface area contributed by atoms with Crippen molar-refractivity contribution in [3.8, 4) is 11.8 Å². The van der Waals surface area contributed by atoms with Gasteiger partial charge in [-0.25, -0.2) is 4.98 Å². The number of nitriles is 1. The fraction of sp³-hybridized carbons (Fsp3) is 0.136. The maximum atomic E-state index is 13.5. The number of benzene rings is 2. The first kappa shape index (κ1) is 23.8. The van der Waals surface area contributed by atoms with Crippen LogP contribution in [-0.4, -0.2) is 19.5 Å². The zero-order valence-electron chi connectivity index (χ0n) is 17.9. The Hall–Kier alpha value is -4.37. The fourth-order valence-electron chi connectivity index (χ4n) is 3.55. The molecule has 4 rings (SSSR count). The highest BCUT2D eigenvalue weighted by atomic mass is 35.5. The van der Waals surface area contributed by atoms with Crippen molar-refractivity contribution in [2.45, 2.75) is 19.1 Å². The van der Waals surface area contributed by atoms with Gasteiger partial charge in [-0.05, 0) is 37.3 Å². The van der Waals surface area contributed by atoms with Crippen LogP contribution in [0.25, 0.3) is 16.6 Å². The summed E-state index contributed by atoms with van der Waals surface area (Å²) in [7, 11) is 0. The molecule has 0 saturated carbocycles. The SMILES string of the molecule is C[C@H](Nc1nc(N)nc(N)c1C#N)c1nc2cccc(Cl)c2c(=O)n1-c1cccc(C(F)(F)F)c1. The second-order valence-electron chi connectivity index (χ2n) is 7.46. The van der Waals surface area contributed by atoms with Crippen LogP contribution < -0.4 is 22.3 Å². The molecular formula is C22H16ClF3N8O. The summed E-state index contributed by atoms with van der Waals surface area (Å²) in [4.78, 5) is 25.8. The number of hydrogen-bond donors (Lipinski definition) is 3. The highest BCUT2D eigenvalue weighted by Crippen LogP contribution is 2.32. The van der Waals surface area contributed by atoms with E-state index in [0.717, 1.165) is 16.7 Å². The number of nitrogens with zero attached hydrogens (tertiary/aromatic N) is 5. The van der Waals surface area contributed by atoms with Crippen LogP contribution in [0.2, 0.25) is 5.02 Å². The Morgan fingerprint density at radius 1 is 1.14 bits per heavy atom. The van der Waals surface area contributed by atoms with E-state index in [9.17, 15) is 23.2 Å². The molecule has 9 nitrogen and oxygen atoms in total. The molecule has 0 aliphatic heterocycles. The van der Waals surface area contributed by atoms with Crippen molar-refractivity contribution in [1.82, 2.24) is 19.5 Å². The van der Waals surface area contributed by atoms with E-state index in [1.165, 1.54) is 18.2 Å². The Labute approximate surface area is 200 Å². The van der Waals surface area contributed by atoms with Crippen LogP contribution in [0.5, 0.6) is 0 Å². The summed E-state index contributed by atoms with van der Waals surface area (Å²) < 4.78 is 41.2. The van der Waals surface area contributed by atoms with Gasteiger partial charge < -0.3 is 16.8 Å². The minimum atomic E-state index is -4.64. The van der Waals surface area contributed by atoms with E-state index in [1.54, 1.807) is 19.1 Å². The maximum Gasteiger partial charge on any atom is 0.416 e. The number of hydrogen-bond acceptors (Lipinski definition) is 8. The van der Waals surface area contributed by atoms with Crippen LogP contribution >= 0.6 is 11.6 Å². The molecule has 13 heteroatoms. The Morgan fingerprint density at radius 2 is 1.86 bits per heavy atom. The first-order valence-corrected chi connectivity index (χ1v) is 10.4. The van der Waals surface area contributed by atoms with E-state index in [2.05, 4.69) is 20.3 Å². The molecule has 0 saturated heterocycles. The van der Waals surface area contributed by atoms with Gasteiger partial charge in [-0.3, -0.25) is 9.36 Å². The van der Waals surface area contributed by atoms with E-state index in [1.807, 2.05) is 6.07 Å². The number of nitrogen functional groups attached to an aromatic ring is 2. The van der Waals surface area contributed by atoms with Crippen molar-refractivity contribution in [2.24, 2.45) is 0 Å². The highest BCUT2D eigenvalue weighted by Gasteiger charge is 2.31. The molecule has 0 amide bonds. The summed E-state index contributed by atoms with van der Waals surface area (Å²) in [5.74, 6) is -0.363. The zero-order valence-corrected chi connectivity index (χ0v) is 18.7. The molecule has 2 aromatic heterocycles. The molecule has 2 aromatic carbocycles. The highest BCUT2D eigenvalue weighted by molar-refractivity contribution is 6.35. The van der Waals surface area contributed by atoms with Gasteiger partial charge in [0.1, 0.15) is 23.3 Å². The van der Waals surface area contributed by atoms with Gasteiger partial charge in [0, 0.05) is 0 Å².